The van der Waals surface area contributed by atoms with Crippen molar-refractivity contribution >= 4 is 40.4 Å². The molecule has 0 bridgehead atoms. The van der Waals surface area contributed by atoms with Crippen molar-refractivity contribution in [1.82, 2.24) is 4.90 Å². The molecule has 2 heterocycles. The lowest BCUT2D eigenvalue weighted by Gasteiger charge is -2.21. The maximum Gasteiger partial charge on any atom is 0.256 e. The van der Waals surface area contributed by atoms with E-state index < -0.39 is 0 Å². The van der Waals surface area contributed by atoms with Crippen molar-refractivity contribution in [2.24, 2.45) is 0 Å². The van der Waals surface area contributed by atoms with Gasteiger partial charge in [0, 0.05) is 13.7 Å². The molecule has 0 atom stereocenters. The minimum atomic E-state index is -0.188. The Morgan fingerprint density at radius 1 is 1.50 bits per heavy atom. The molecule has 0 fully saturated rings. The Balaban J connectivity index is 2.17. The number of halogens is 2. The van der Waals surface area contributed by atoms with Gasteiger partial charge in [-0.3, -0.25) is 4.79 Å². The highest BCUT2D eigenvalue weighted by atomic mass is 35.5. The van der Waals surface area contributed by atoms with Crippen molar-refractivity contribution in [3.05, 3.63) is 44.5 Å². The normalized spacial score (nSPS) is 10.8. The molecule has 0 N–H and O–H groups in total. The van der Waals surface area contributed by atoms with Crippen LogP contribution in [-0.2, 0) is 11.3 Å². The molecule has 0 aliphatic rings. The van der Waals surface area contributed by atoms with Crippen molar-refractivity contribution in [2.75, 3.05) is 20.3 Å². The average molecular weight is 334 g/mol. The second-order valence-electron chi connectivity index (χ2n) is 4.04. The Hall–Kier alpha value is -1.01. The molecule has 0 unspecified atom stereocenters. The van der Waals surface area contributed by atoms with E-state index in [9.17, 15) is 4.79 Å². The summed E-state index contributed by atoms with van der Waals surface area (Å²) >= 11 is 13.1. The molecule has 4 nitrogen and oxygen atoms in total. The molecule has 108 valence electrons. The number of ether oxygens (including phenoxy) is 1. The second-order valence-corrected chi connectivity index (χ2v) is 6.32. The second kappa shape index (κ2) is 7.13. The number of amides is 1. The molecule has 0 saturated heterocycles. The third-order valence-electron chi connectivity index (χ3n) is 2.67. The number of thiophene rings is 1. The zero-order valence-electron chi connectivity index (χ0n) is 10.8. The average Bonchev–Trinajstić information content (AvgIpc) is 3.03. The molecule has 0 saturated carbocycles. The van der Waals surface area contributed by atoms with Crippen molar-refractivity contribution < 1.29 is 13.9 Å². The summed E-state index contributed by atoms with van der Waals surface area (Å²) < 4.78 is 11.2. The van der Waals surface area contributed by atoms with Gasteiger partial charge in [0.05, 0.1) is 29.3 Å². The smallest absolute Gasteiger partial charge is 0.256 e. The monoisotopic (exact) mass is 333 g/mol. The largest absolute Gasteiger partial charge is 0.467 e. The van der Waals surface area contributed by atoms with Gasteiger partial charge in [-0.25, -0.2) is 0 Å². The summed E-state index contributed by atoms with van der Waals surface area (Å²) in [5.41, 5.74) is 0.407. The highest BCUT2D eigenvalue weighted by molar-refractivity contribution is 7.20. The molecule has 20 heavy (non-hydrogen) atoms. The highest BCUT2D eigenvalue weighted by Crippen LogP contribution is 2.32. The van der Waals surface area contributed by atoms with E-state index in [1.165, 1.54) is 11.3 Å². The van der Waals surface area contributed by atoms with Gasteiger partial charge in [-0.05, 0) is 18.2 Å². The number of furan rings is 1. The van der Waals surface area contributed by atoms with Gasteiger partial charge in [-0.1, -0.05) is 23.2 Å². The molecule has 0 aliphatic heterocycles. The van der Waals surface area contributed by atoms with Crippen LogP contribution in [0.25, 0.3) is 0 Å². The van der Waals surface area contributed by atoms with Crippen LogP contribution < -0.4 is 0 Å². The summed E-state index contributed by atoms with van der Waals surface area (Å²) in [6, 6.07) is 5.18. The van der Waals surface area contributed by atoms with Gasteiger partial charge in [-0.15, -0.1) is 11.3 Å². The highest BCUT2D eigenvalue weighted by Gasteiger charge is 2.21. The van der Waals surface area contributed by atoms with Crippen molar-refractivity contribution in [2.45, 2.75) is 6.54 Å². The van der Waals surface area contributed by atoms with Gasteiger partial charge in [0.15, 0.2) is 0 Å². The van der Waals surface area contributed by atoms with E-state index in [0.717, 1.165) is 0 Å². The first-order valence-electron chi connectivity index (χ1n) is 5.87. The fraction of sp³-hybridized carbons (Fsp3) is 0.308. The maximum absolute atomic E-state index is 12.5. The SMILES string of the molecule is COCCN(Cc1ccco1)C(=O)c1cc(Cl)sc1Cl. The standard InChI is InChI=1S/C13H13Cl2NO3S/c1-18-6-4-16(8-9-3-2-5-19-9)13(17)10-7-11(14)20-12(10)15/h2-3,5,7H,4,6,8H2,1H3. The Bertz CT molecular complexity index is 568. The number of rotatable bonds is 6. The van der Waals surface area contributed by atoms with Crippen LogP contribution in [0.2, 0.25) is 8.67 Å². The Morgan fingerprint density at radius 2 is 2.30 bits per heavy atom. The summed E-state index contributed by atoms with van der Waals surface area (Å²) in [7, 11) is 1.59. The van der Waals surface area contributed by atoms with Crippen molar-refractivity contribution in [3.63, 3.8) is 0 Å². The first-order chi connectivity index (χ1) is 9.61. The topological polar surface area (TPSA) is 42.7 Å². The summed E-state index contributed by atoms with van der Waals surface area (Å²) in [6.45, 7) is 1.24. The lowest BCUT2D eigenvalue weighted by molar-refractivity contribution is 0.0667. The maximum atomic E-state index is 12.5. The van der Waals surface area contributed by atoms with Crippen LogP contribution in [0.3, 0.4) is 0 Å². The van der Waals surface area contributed by atoms with Gasteiger partial charge < -0.3 is 14.1 Å². The molecule has 0 radical (unpaired) electrons. The molecule has 0 aliphatic carbocycles. The zero-order chi connectivity index (χ0) is 14.5. The Kier molecular flexibility index (Phi) is 5.48. The molecular weight excluding hydrogens is 321 g/mol. The quantitative estimate of drug-likeness (QED) is 0.804. The van der Waals surface area contributed by atoms with Crippen LogP contribution in [0.4, 0.5) is 0 Å². The lowest BCUT2D eigenvalue weighted by Crippen LogP contribution is -2.33. The van der Waals surface area contributed by atoms with Crippen LogP contribution in [0, 0.1) is 0 Å². The summed E-state index contributed by atoms with van der Waals surface area (Å²) in [6.07, 6.45) is 1.57. The minimum Gasteiger partial charge on any atom is -0.467 e. The van der Waals surface area contributed by atoms with E-state index in [2.05, 4.69) is 0 Å². The van der Waals surface area contributed by atoms with Gasteiger partial charge in [0.2, 0.25) is 0 Å². The number of carbonyl (C=O) groups excluding carboxylic acids is 1. The van der Waals surface area contributed by atoms with E-state index in [-0.39, 0.29) is 5.91 Å². The predicted molar refractivity (Wildman–Crippen MR) is 79.7 cm³/mol. The number of nitrogens with zero attached hydrogens (tertiary/aromatic N) is 1. The fourth-order valence-electron chi connectivity index (χ4n) is 1.70. The number of hydrogen-bond donors (Lipinski definition) is 0. The Labute approximate surface area is 130 Å². The van der Waals surface area contributed by atoms with Gasteiger partial charge in [0.25, 0.3) is 5.91 Å². The van der Waals surface area contributed by atoms with Crippen LogP contribution in [0.15, 0.2) is 28.9 Å². The van der Waals surface area contributed by atoms with E-state index in [1.807, 2.05) is 6.07 Å². The fourth-order valence-corrected chi connectivity index (χ4v) is 3.15. The van der Waals surface area contributed by atoms with Crippen molar-refractivity contribution in [3.8, 4) is 0 Å². The van der Waals surface area contributed by atoms with E-state index in [4.69, 9.17) is 32.4 Å². The lowest BCUT2D eigenvalue weighted by atomic mass is 10.2. The van der Waals surface area contributed by atoms with E-state index >= 15 is 0 Å². The summed E-state index contributed by atoms with van der Waals surface area (Å²) in [4.78, 5) is 14.1. The van der Waals surface area contributed by atoms with E-state index in [1.54, 1.807) is 30.4 Å². The van der Waals surface area contributed by atoms with Gasteiger partial charge in [0.1, 0.15) is 10.1 Å². The summed E-state index contributed by atoms with van der Waals surface area (Å²) in [5.74, 6) is 0.513. The number of carbonyl (C=O) groups is 1. The third-order valence-corrected chi connectivity index (χ3v) is 4.15. The van der Waals surface area contributed by atoms with Crippen LogP contribution >= 0.6 is 34.5 Å². The molecule has 1 amide bonds. The molecule has 0 spiro atoms. The van der Waals surface area contributed by atoms with Crippen LogP contribution in [0.5, 0.6) is 0 Å². The molecular formula is C13H13Cl2NO3S. The Morgan fingerprint density at radius 3 is 2.85 bits per heavy atom. The van der Waals surface area contributed by atoms with Crippen molar-refractivity contribution in [1.29, 1.82) is 0 Å². The molecule has 0 aromatic carbocycles. The van der Waals surface area contributed by atoms with Gasteiger partial charge >= 0.3 is 0 Å². The summed E-state index contributed by atoms with van der Waals surface area (Å²) in [5, 5.41) is 0. The molecule has 2 aromatic heterocycles. The minimum absolute atomic E-state index is 0.188. The van der Waals surface area contributed by atoms with E-state index in [0.29, 0.717) is 39.7 Å². The van der Waals surface area contributed by atoms with Gasteiger partial charge in [-0.2, -0.15) is 0 Å². The molecule has 2 rings (SSSR count). The zero-order valence-corrected chi connectivity index (χ0v) is 13.1. The number of methoxy groups -OCH3 is 1. The number of hydrogen-bond acceptors (Lipinski definition) is 4. The third kappa shape index (κ3) is 3.76. The first-order valence-corrected chi connectivity index (χ1v) is 7.44. The van der Waals surface area contributed by atoms with Crippen LogP contribution in [0.1, 0.15) is 16.1 Å². The predicted octanol–water partition coefficient (Wildman–Crippen LogP) is 3.94. The first kappa shape index (κ1) is 15.4. The molecule has 7 heteroatoms. The van der Waals surface area contributed by atoms with Crippen LogP contribution in [-0.4, -0.2) is 31.1 Å². The molecule has 2 aromatic rings.